The molecule has 2 aromatic heterocycles. The number of rotatable bonds is 4. The first-order chi connectivity index (χ1) is 11.7. The van der Waals surface area contributed by atoms with Gasteiger partial charge in [-0.15, -0.1) is 11.3 Å². The van der Waals surface area contributed by atoms with E-state index in [9.17, 15) is 4.39 Å². The first-order valence-corrected chi connectivity index (χ1v) is 8.49. The Hall–Kier alpha value is -2.25. The average molecular weight is 345 g/mol. The molecule has 0 amide bonds. The number of anilines is 1. The molecule has 1 aliphatic rings. The number of aromatic nitrogens is 2. The number of nitrogens with one attached hydrogen (secondary N) is 1. The monoisotopic (exact) mass is 345 g/mol. The van der Waals surface area contributed by atoms with Crippen molar-refractivity contribution in [2.75, 3.05) is 18.7 Å². The summed E-state index contributed by atoms with van der Waals surface area (Å²) in [5, 5.41) is 4.34. The average Bonchev–Trinajstić information content (AvgIpc) is 2.95. The Balaban J connectivity index is 1.52. The van der Waals surface area contributed by atoms with Gasteiger partial charge in [0.2, 0.25) is 0 Å². The Bertz CT molecular complexity index is 897. The minimum absolute atomic E-state index is 0.208. The van der Waals surface area contributed by atoms with Gasteiger partial charge in [-0.3, -0.25) is 0 Å². The summed E-state index contributed by atoms with van der Waals surface area (Å²) < 4.78 is 24.5. The minimum atomic E-state index is -0.268. The van der Waals surface area contributed by atoms with Crippen LogP contribution < -0.4 is 10.1 Å². The zero-order chi connectivity index (χ0) is 16.5. The number of nitrogens with zero attached hydrogens (tertiary/aromatic N) is 2. The third kappa shape index (κ3) is 2.92. The van der Waals surface area contributed by atoms with Crippen LogP contribution in [0.2, 0.25) is 0 Å². The minimum Gasteiger partial charge on any atom is -0.467 e. The molecular weight excluding hydrogens is 329 g/mol. The van der Waals surface area contributed by atoms with Crippen LogP contribution in [-0.4, -0.2) is 23.3 Å². The van der Waals surface area contributed by atoms with E-state index in [2.05, 4.69) is 28.3 Å². The van der Waals surface area contributed by atoms with E-state index in [0.29, 0.717) is 19.6 Å². The normalized spacial score (nSPS) is 13.6. The summed E-state index contributed by atoms with van der Waals surface area (Å²) in [4.78, 5) is 10.8. The van der Waals surface area contributed by atoms with E-state index in [1.807, 2.05) is 0 Å². The molecule has 0 spiro atoms. The summed E-state index contributed by atoms with van der Waals surface area (Å²) in [7, 11) is 0. The van der Waals surface area contributed by atoms with Gasteiger partial charge in [0, 0.05) is 17.0 Å². The third-order valence-corrected chi connectivity index (χ3v) is 4.85. The molecule has 0 aliphatic carbocycles. The highest BCUT2D eigenvalue weighted by Gasteiger charge is 2.17. The SMILES string of the molecule is Cc1cc2c(NCCc3cc(F)cc4c3OCOC4)ncnc2s1. The Morgan fingerprint density at radius 3 is 3.12 bits per heavy atom. The molecule has 124 valence electrons. The van der Waals surface area contributed by atoms with Gasteiger partial charge in [-0.2, -0.15) is 0 Å². The molecule has 1 N–H and O–H groups in total. The van der Waals surface area contributed by atoms with Crippen LogP contribution in [-0.2, 0) is 17.8 Å². The van der Waals surface area contributed by atoms with Gasteiger partial charge in [-0.05, 0) is 37.1 Å². The Morgan fingerprint density at radius 2 is 2.21 bits per heavy atom. The van der Waals surface area contributed by atoms with E-state index in [-0.39, 0.29) is 12.6 Å². The number of hydrogen-bond donors (Lipinski definition) is 1. The van der Waals surface area contributed by atoms with Crippen molar-refractivity contribution in [3.05, 3.63) is 46.3 Å². The fourth-order valence-corrected chi connectivity index (χ4v) is 3.72. The topological polar surface area (TPSA) is 56.3 Å². The maximum Gasteiger partial charge on any atom is 0.189 e. The molecule has 4 rings (SSSR count). The highest BCUT2D eigenvalue weighted by Crippen LogP contribution is 2.30. The van der Waals surface area contributed by atoms with E-state index >= 15 is 0 Å². The molecule has 0 radical (unpaired) electrons. The Labute approximate surface area is 142 Å². The van der Waals surface area contributed by atoms with Crippen molar-refractivity contribution in [1.29, 1.82) is 0 Å². The predicted octanol–water partition coefficient (Wildman–Crippen LogP) is 3.66. The maximum absolute atomic E-state index is 13.8. The Kier molecular flexibility index (Phi) is 4.03. The Morgan fingerprint density at radius 1 is 1.29 bits per heavy atom. The molecule has 5 nitrogen and oxygen atoms in total. The molecule has 0 unspecified atom stereocenters. The van der Waals surface area contributed by atoms with Crippen LogP contribution in [0.3, 0.4) is 0 Å². The lowest BCUT2D eigenvalue weighted by Gasteiger charge is -2.21. The molecular formula is C17H16FN3O2S. The molecule has 3 heterocycles. The van der Waals surface area contributed by atoms with Gasteiger partial charge in [0.15, 0.2) is 6.79 Å². The first-order valence-electron chi connectivity index (χ1n) is 7.67. The fraction of sp³-hybridized carbons (Fsp3) is 0.294. The number of thiophene rings is 1. The van der Waals surface area contributed by atoms with Crippen molar-refractivity contribution in [2.24, 2.45) is 0 Å². The standard InChI is InChI=1S/C17H16FN3O2S/c1-10-4-14-16(20-8-21-17(14)24-10)19-3-2-11-5-13(18)6-12-7-22-9-23-15(11)12/h4-6,8H,2-3,7,9H2,1H3,(H,19,20,21). The van der Waals surface area contributed by atoms with Gasteiger partial charge < -0.3 is 14.8 Å². The number of ether oxygens (including phenoxy) is 2. The molecule has 24 heavy (non-hydrogen) atoms. The summed E-state index contributed by atoms with van der Waals surface area (Å²) in [6, 6.07) is 5.07. The third-order valence-electron chi connectivity index (χ3n) is 3.89. The second kappa shape index (κ2) is 6.33. The molecule has 1 aromatic carbocycles. The van der Waals surface area contributed by atoms with Gasteiger partial charge in [0.25, 0.3) is 0 Å². The number of hydrogen-bond acceptors (Lipinski definition) is 6. The van der Waals surface area contributed by atoms with Crippen molar-refractivity contribution in [3.8, 4) is 5.75 Å². The highest BCUT2D eigenvalue weighted by molar-refractivity contribution is 7.18. The van der Waals surface area contributed by atoms with Crippen LogP contribution >= 0.6 is 11.3 Å². The van der Waals surface area contributed by atoms with Crippen molar-refractivity contribution >= 4 is 27.4 Å². The number of fused-ring (bicyclic) bond motifs is 2. The van der Waals surface area contributed by atoms with E-state index in [1.165, 1.54) is 17.0 Å². The van der Waals surface area contributed by atoms with Gasteiger partial charge in [-0.1, -0.05) is 0 Å². The van der Waals surface area contributed by atoms with E-state index in [1.54, 1.807) is 17.7 Å². The largest absolute Gasteiger partial charge is 0.467 e. The summed E-state index contributed by atoms with van der Waals surface area (Å²) >= 11 is 1.64. The first kappa shape index (κ1) is 15.3. The van der Waals surface area contributed by atoms with Crippen LogP contribution in [0.1, 0.15) is 16.0 Å². The smallest absolute Gasteiger partial charge is 0.189 e. The number of benzene rings is 1. The molecule has 0 fully saturated rings. The fourth-order valence-electron chi connectivity index (χ4n) is 2.87. The summed E-state index contributed by atoms with van der Waals surface area (Å²) in [5.41, 5.74) is 1.60. The van der Waals surface area contributed by atoms with Gasteiger partial charge in [0.1, 0.15) is 28.5 Å². The second-order valence-electron chi connectivity index (χ2n) is 5.64. The number of aryl methyl sites for hydroxylation is 1. The van der Waals surface area contributed by atoms with Crippen LogP contribution in [0.15, 0.2) is 24.5 Å². The van der Waals surface area contributed by atoms with E-state index in [0.717, 1.165) is 32.9 Å². The maximum atomic E-state index is 13.8. The lowest BCUT2D eigenvalue weighted by molar-refractivity contribution is -0.0172. The zero-order valence-corrected chi connectivity index (χ0v) is 14.0. The van der Waals surface area contributed by atoms with Crippen molar-refractivity contribution in [1.82, 2.24) is 9.97 Å². The zero-order valence-electron chi connectivity index (χ0n) is 13.1. The summed E-state index contributed by atoms with van der Waals surface area (Å²) in [5.74, 6) is 1.28. The molecule has 3 aromatic rings. The summed E-state index contributed by atoms with van der Waals surface area (Å²) in [6.45, 7) is 3.27. The second-order valence-corrected chi connectivity index (χ2v) is 6.87. The molecule has 1 aliphatic heterocycles. The lowest BCUT2D eigenvalue weighted by Crippen LogP contribution is -2.15. The quantitative estimate of drug-likeness (QED) is 0.782. The van der Waals surface area contributed by atoms with E-state index < -0.39 is 0 Å². The predicted molar refractivity (Wildman–Crippen MR) is 91.0 cm³/mol. The van der Waals surface area contributed by atoms with Gasteiger partial charge in [-0.25, -0.2) is 14.4 Å². The van der Waals surface area contributed by atoms with E-state index in [4.69, 9.17) is 9.47 Å². The van der Waals surface area contributed by atoms with Gasteiger partial charge in [0.05, 0.1) is 12.0 Å². The van der Waals surface area contributed by atoms with Crippen LogP contribution in [0.4, 0.5) is 10.2 Å². The van der Waals surface area contributed by atoms with Crippen LogP contribution in [0, 0.1) is 12.7 Å². The van der Waals surface area contributed by atoms with Gasteiger partial charge >= 0.3 is 0 Å². The number of halogens is 1. The molecule has 0 saturated carbocycles. The van der Waals surface area contributed by atoms with Crippen molar-refractivity contribution < 1.29 is 13.9 Å². The van der Waals surface area contributed by atoms with Crippen molar-refractivity contribution in [3.63, 3.8) is 0 Å². The van der Waals surface area contributed by atoms with Crippen LogP contribution in [0.5, 0.6) is 5.75 Å². The van der Waals surface area contributed by atoms with Crippen LogP contribution in [0.25, 0.3) is 10.2 Å². The molecule has 0 saturated heterocycles. The molecule has 0 bridgehead atoms. The highest BCUT2D eigenvalue weighted by atomic mass is 32.1. The van der Waals surface area contributed by atoms with Crippen molar-refractivity contribution in [2.45, 2.75) is 20.0 Å². The molecule has 7 heteroatoms. The molecule has 0 atom stereocenters. The lowest BCUT2D eigenvalue weighted by atomic mass is 10.1. The summed E-state index contributed by atoms with van der Waals surface area (Å²) in [6.07, 6.45) is 2.19.